The fourth-order valence-corrected chi connectivity index (χ4v) is 4.87. The monoisotopic (exact) mass is 382 g/mol. The third-order valence-electron chi connectivity index (χ3n) is 6.12. The quantitative estimate of drug-likeness (QED) is 0.361. The minimum Gasteiger partial charge on any atom is -0.464 e. The molecule has 0 bridgehead atoms. The fraction of sp³-hybridized carbons (Fsp3) is 0.240. The zero-order chi connectivity index (χ0) is 19.6. The Morgan fingerprint density at radius 3 is 2.69 bits per heavy atom. The maximum atomic E-state index is 11.3. The van der Waals surface area contributed by atoms with Gasteiger partial charge in [0.05, 0.1) is 0 Å². The van der Waals surface area contributed by atoms with Gasteiger partial charge in [0, 0.05) is 24.7 Å². The van der Waals surface area contributed by atoms with Gasteiger partial charge in [-0.05, 0) is 57.5 Å². The van der Waals surface area contributed by atoms with Crippen molar-refractivity contribution in [3.8, 4) is 0 Å². The highest BCUT2D eigenvalue weighted by atomic mass is 16.5. The summed E-state index contributed by atoms with van der Waals surface area (Å²) in [6, 6.07) is 17.4. The molecule has 144 valence electrons. The summed E-state index contributed by atoms with van der Waals surface area (Å²) in [5.74, 6) is 0.161. The first kappa shape index (κ1) is 17.8. The van der Waals surface area contributed by atoms with E-state index in [1.807, 2.05) is 0 Å². The Morgan fingerprint density at radius 1 is 1.00 bits per heavy atom. The topological polar surface area (TPSA) is 52.1 Å². The zero-order valence-electron chi connectivity index (χ0n) is 16.1. The highest BCUT2D eigenvalue weighted by molar-refractivity contribution is 6.08. The first-order valence-electron chi connectivity index (χ1n) is 10.1. The number of hydrogen-bond donors (Lipinski definition) is 0. The smallest absolute Gasteiger partial charge is 0.293 e. The maximum Gasteiger partial charge on any atom is 0.293 e. The van der Waals surface area contributed by atoms with E-state index in [1.54, 1.807) is 12.4 Å². The zero-order valence-corrected chi connectivity index (χ0v) is 16.1. The summed E-state index contributed by atoms with van der Waals surface area (Å²) >= 11 is 0. The third kappa shape index (κ3) is 3.25. The van der Waals surface area contributed by atoms with E-state index in [2.05, 4.69) is 58.5 Å². The molecule has 3 aromatic carbocycles. The SMILES string of the molecule is O=COC(Cc1cncnc1)C1CCCc2ccc3c(ccc4ccccc43)c21. The van der Waals surface area contributed by atoms with E-state index < -0.39 is 0 Å². The molecule has 29 heavy (non-hydrogen) atoms. The molecule has 0 N–H and O–H groups in total. The molecule has 4 aromatic rings. The number of aromatic nitrogens is 2. The minimum absolute atomic E-state index is 0.161. The summed E-state index contributed by atoms with van der Waals surface area (Å²) in [6.45, 7) is 0.587. The molecule has 0 saturated heterocycles. The van der Waals surface area contributed by atoms with Crippen molar-refractivity contribution in [2.24, 2.45) is 0 Å². The van der Waals surface area contributed by atoms with Gasteiger partial charge in [-0.1, -0.05) is 48.5 Å². The van der Waals surface area contributed by atoms with Crippen molar-refractivity contribution in [1.29, 1.82) is 0 Å². The Morgan fingerprint density at radius 2 is 1.83 bits per heavy atom. The van der Waals surface area contributed by atoms with Gasteiger partial charge in [0.1, 0.15) is 12.4 Å². The van der Waals surface area contributed by atoms with Gasteiger partial charge >= 0.3 is 0 Å². The summed E-state index contributed by atoms with van der Waals surface area (Å²) in [4.78, 5) is 19.6. The van der Waals surface area contributed by atoms with Crippen molar-refractivity contribution < 1.29 is 9.53 Å². The van der Waals surface area contributed by atoms with Crippen molar-refractivity contribution in [3.05, 3.63) is 83.9 Å². The van der Waals surface area contributed by atoms with Gasteiger partial charge in [0.2, 0.25) is 0 Å². The molecule has 0 aliphatic heterocycles. The van der Waals surface area contributed by atoms with Crippen LogP contribution in [-0.4, -0.2) is 22.5 Å². The Labute approximate surface area is 169 Å². The molecule has 0 spiro atoms. The number of rotatable bonds is 5. The molecular formula is C25H22N2O2. The van der Waals surface area contributed by atoms with E-state index in [4.69, 9.17) is 4.74 Å². The van der Waals surface area contributed by atoms with E-state index in [-0.39, 0.29) is 12.0 Å². The van der Waals surface area contributed by atoms with Gasteiger partial charge in [-0.3, -0.25) is 4.79 Å². The second-order valence-corrected chi connectivity index (χ2v) is 7.74. The van der Waals surface area contributed by atoms with E-state index >= 15 is 0 Å². The van der Waals surface area contributed by atoms with Crippen LogP contribution >= 0.6 is 0 Å². The number of fused-ring (bicyclic) bond motifs is 5. The van der Waals surface area contributed by atoms with Gasteiger partial charge in [-0.2, -0.15) is 0 Å². The second-order valence-electron chi connectivity index (χ2n) is 7.74. The van der Waals surface area contributed by atoms with E-state index in [0.29, 0.717) is 12.9 Å². The molecule has 0 radical (unpaired) electrons. The normalized spacial score (nSPS) is 17.0. The van der Waals surface area contributed by atoms with E-state index in [9.17, 15) is 4.79 Å². The molecular weight excluding hydrogens is 360 g/mol. The summed E-state index contributed by atoms with van der Waals surface area (Å²) in [5, 5.41) is 5.05. The average molecular weight is 382 g/mol. The van der Waals surface area contributed by atoms with Crippen LogP contribution in [0.25, 0.3) is 21.5 Å². The molecule has 4 nitrogen and oxygen atoms in total. The van der Waals surface area contributed by atoms with Gasteiger partial charge in [-0.15, -0.1) is 0 Å². The lowest BCUT2D eigenvalue weighted by Crippen LogP contribution is -2.28. The third-order valence-corrected chi connectivity index (χ3v) is 6.12. The number of hydrogen-bond acceptors (Lipinski definition) is 4. The largest absolute Gasteiger partial charge is 0.464 e. The standard InChI is InChI=1S/C25H22N2O2/c28-16-29-24(12-17-13-26-15-27-14-17)23-7-3-5-19-9-10-21-20-6-2-1-4-18(20)8-11-22(21)25(19)23/h1-2,4,6,8-11,13-16,23-24H,3,5,7,12H2. The maximum absolute atomic E-state index is 11.3. The summed E-state index contributed by atoms with van der Waals surface area (Å²) in [5.41, 5.74) is 3.69. The van der Waals surface area contributed by atoms with Gasteiger partial charge in [0.25, 0.3) is 6.47 Å². The van der Waals surface area contributed by atoms with E-state index in [1.165, 1.54) is 39.0 Å². The van der Waals surface area contributed by atoms with Gasteiger partial charge < -0.3 is 4.74 Å². The van der Waals surface area contributed by atoms with Crippen molar-refractivity contribution in [2.75, 3.05) is 0 Å². The lowest BCUT2D eigenvalue weighted by atomic mass is 9.76. The Hall–Kier alpha value is -3.27. The summed E-state index contributed by atoms with van der Waals surface area (Å²) < 4.78 is 5.64. The van der Waals surface area contributed by atoms with Crippen LogP contribution in [0.15, 0.2) is 67.3 Å². The predicted molar refractivity (Wildman–Crippen MR) is 114 cm³/mol. The average Bonchev–Trinajstić information content (AvgIpc) is 2.78. The molecule has 1 aliphatic carbocycles. The lowest BCUT2D eigenvalue weighted by molar-refractivity contribution is -0.134. The second kappa shape index (κ2) is 7.63. The highest BCUT2D eigenvalue weighted by Crippen LogP contribution is 2.42. The first-order valence-corrected chi connectivity index (χ1v) is 10.1. The van der Waals surface area contributed by atoms with Crippen LogP contribution in [0.1, 0.15) is 35.4 Å². The molecule has 1 heterocycles. The number of carbonyl (C=O) groups excluding carboxylic acids is 1. The van der Waals surface area contributed by atoms with Gasteiger partial charge in [0.15, 0.2) is 0 Å². The molecule has 5 rings (SSSR count). The fourth-order valence-electron chi connectivity index (χ4n) is 4.87. The van der Waals surface area contributed by atoms with Crippen LogP contribution in [0, 0.1) is 0 Å². The van der Waals surface area contributed by atoms with E-state index in [0.717, 1.165) is 24.8 Å². The Balaban J connectivity index is 1.65. The lowest BCUT2D eigenvalue weighted by Gasteiger charge is -2.32. The van der Waals surface area contributed by atoms with Crippen molar-refractivity contribution >= 4 is 28.0 Å². The number of carbonyl (C=O) groups is 1. The summed E-state index contributed by atoms with van der Waals surface area (Å²) in [7, 11) is 0. The molecule has 0 fully saturated rings. The predicted octanol–water partition coefficient (Wildman–Crippen LogP) is 4.99. The number of ether oxygens (including phenoxy) is 1. The molecule has 1 aliphatic rings. The first-order chi connectivity index (χ1) is 14.3. The highest BCUT2D eigenvalue weighted by Gasteiger charge is 2.31. The molecule has 2 unspecified atom stereocenters. The van der Waals surface area contributed by atoms with Crippen LogP contribution in [0.2, 0.25) is 0 Å². The van der Waals surface area contributed by atoms with Crippen LogP contribution in [0.4, 0.5) is 0 Å². The van der Waals surface area contributed by atoms with Crippen molar-refractivity contribution in [2.45, 2.75) is 37.7 Å². The van der Waals surface area contributed by atoms with Crippen LogP contribution in [0.3, 0.4) is 0 Å². The van der Waals surface area contributed by atoms with Gasteiger partial charge in [-0.25, -0.2) is 9.97 Å². The Bertz CT molecular complexity index is 1170. The van der Waals surface area contributed by atoms with Crippen molar-refractivity contribution in [3.63, 3.8) is 0 Å². The minimum atomic E-state index is -0.227. The number of benzene rings is 3. The van der Waals surface area contributed by atoms with Crippen LogP contribution in [-0.2, 0) is 22.4 Å². The molecule has 1 aromatic heterocycles. The van der Waals surface area contributed by atoms with Crippen LogP contribution in [0.5, 0.6) is 0 Å². The van der Waals surface area contributed by atoms with Crippen molar-refractivity contribution in [1.82, 2.24) is 9.97 Å². The molecule has 0 saturated carbocycles. The Kier molecular flexibility index (Phi) is 4.68. The molecule has 4 heteroatoms. The number of nitrogens with zero attached hydrogens (tertiary/aromatic N) is 2. The molecule has 2 atom stereocenters. The van der Waals surface area contributed by atoms with Crippen LogP contribution < -0.4 is 0 Å². The molecule has 0 amide bonds. The summed E-state index contributed by atoms with van der Waals surface area (Å²) in [6.07, 6.45) is 8.68. The number of aryl methyl sites for hydroxylation is 1.